The minimum absolute atomic E-state index is 0.380. The molecule has 0 amide bonds. The quantitative estimate of drug-likeness (QED) is 0.373. The summed E-state index contributed by atoms with van der Waals surface area (Å²) in [7, 11) is 0. The molecule has 1 nitrogen and oxygen atoms in total. The van der Waals surface area contributed by atoms with E-state index in [1.165, 1.54) is 27.8 Å². The van der Waals surface area contributed by atoms with Crippen LogP contribution >= 0.6 is 0 Å². The molecule has 3 aromatic rings. The molecule has 3 heterocycles. The van der Waals surface area contributed by atoms with Gasteiger partial charge >= 0.3 is 6.85 Å². The fourth-order valence-corrected chi connectivity index (χ4v) is 3.96. The summed E-state index contributed by atoms with van der Waals surface area (Å²) in [6.45, 7) is 0.380. The third kappa shape index (κ3) is 1.24. The highest BCUT2D eigenvalue weighted by atomic mass is 14.9. The van der Waals surface area contributed by atoms with Gasteiger partial charge in [-0.05, 0) is 52.4 Å². The van der Waals surface area contributed by atoms with Crippen LogP contribution < -0.4 is 10.9 Å². The molecule has 0 saturated heterocycles. The van der Waals surface area contributed by atoms with Crippen LogP contribution in [-0.4, -0.2) is 11.3 Å². The zero-order valence-electron chi connectivity index (χ0n) is 11.2. The van der Waals surface area contributed by atoms with Gasteiger partial charge in [0.15, 0.2) is 0 Å². The Morgan fingerprint density at radius 2 is 1.55 bits per heavy atom. The number of hydrogen-bond donors (Lipinski definition) is 0. The summed E-state index contributed by atoms with van der Waals surface area (Å²) in [5.74, 6) is 0. The van der Waals surface area contributed by atoms with E-state index in [1.54, 1.807) is 5.46 Å². The molecular weight excluding hydrogens is 241 g/mol. The van der Waals surface area contributed by atoms with Crippen molar-refractivity contribution in [1.29, 1.82) is 0 Å². The van der Waals surface area contributed by atoms with Crippen LogP contribution in [0.2, 0.25) is 0 Å². The van der Waals surface area contributed by atoms with Crippen molar-refractivity contribution in [3.63, 3.8) is 0 Å². The first-order valence-electron chi connectivity index (χ1n) is 7.26. The van der Waals surface area contributed by atoms with Gasteiger partial charge in [-0.2, -0.15) is 0 Å². The van der Waals surface area contributed by atoms with Crippen LogP contribution in [0.5, 0.6) is 0 Å². The number of rotatable bonds is 0. The van der Waals surface area contributed by atoms with E-state index in [9.17, 15) is 0 Å². The highest BCUT2D eigenvalue weighted by molar-refractivity contribution is 6.85. The summed E-state index contributed by atoms with van der Waals surface area (Å²) in [6.07, 6.45) is 4.38. The Morgan fingerprint density at radius 3 is 2.50 bits per heavy atom. The van der Waals surface area contributed by atoms with Crippen molar-refractivity contribution in [2.24, 2.45) is 0 Å². The van der Waals surface area contributed by atoms with Crippen LogP contribution in [0.15, 0.2) is 60.8 Å². The van der Waals surface area contributed by atoms with Crippen LogP contribution in [0.1, 0.15) is 22.4 Å². The molecule has 0 bridgehead atoms. The van der Waals surface area contributed by atoms with Gasteiger partial charge in [0.1, 0.15) is 0 Å². The molecule has 0 unspecified atom stereocenters. The van der Waals surface area contributed by atoms with Gasteiger partial charge in [0.25, 0.3) is 0 Å². The smallest absolute Gasteiger partial charge is 0.328 e. The van der Waals surface area contributed by atoms with E-state index in [4.69, 9.17) is 0 Å². The van der Waals surface area contributed by atoms with Crippen molar-refractivity contribution in [3.8, 4) is 0 Å². The van der Waals surface area contributed by atoms with E-state index < -0.39 is 0 Å². The molecule has 0 N–H and O–H groups in total. The standard InChI is InChI=1S/C18H14BN/c1-2-9-17-13(5-1)11-14-6-3-7-15-12-16-8-4-10-20(16)19(17)18(14)15/h1-10H,11-12H2. The number of aromatic nitrogens is 1. The van der Waals surface area contributed by atoms with Crippen LogP contribution in [0.25, 0.3) is 0 Å². The van der Waals surface area contributed by atoms with Crippen molar-refractivity contribution in [3.05, 3.63) is 83.2 Å². The van der Waals surface area contributed by atoms with Crippen LogP contribution in [0.3, 0.4) is 0 Å². The maximum absolute atomic E-state index is 2.46. The summed E-state index contributed by atoms with van der Waals surface area (Å²) in [4.78, 5) is 0. The fraction of sp³-hybridized carbons (Fsp3) is 0.111. The third-order valence-electron chi connectivity index (χ3n) is 4.81. The lowest BCUT2D eigenvalue weighted by Gasteiger charge is -2.33. The summed E-state index contributed by atoms with van der Waals surface area (Å²) < 4.78 is 2.46. The first-order chi connectivity index (χ1) is 9.92. The molecule has 0 fully saturated rings. The van der Waals surface area contributed by atoms with Gasteiger partial charge in [-0.1, -0.05) is 42.5 Å². The number of fused-ring (bicyclic) bond motifs is 4. The molecule has 0 atom stereocenters. The lowest BCUT2D eigenvalue weighted by molar-refractivity contribution is 0.997. The van der Waals surface area contributed by atoms with E-state index in [-0.39, 0.29) is 0 Å². The van der Waals surface area contributed by atoms with E-state index in [1.807, 2.05) is 0 Å². The molecule has 0 saturated carbocycles. The SMILES string of the molecule is c1ccc2c(c1)Cc1cccc3c1B2n1cccc1C3. The Morgan fingerprint density at radius 1 is 0.750 bits per heavy atom. The molecular formula is C18H14BN. The van der Waals surface area contributed by atoms with Gasteiger partial charge in [-0.3, -0.25) is 0 Å². The summed E-state index contributed by atoms with van der Waals surface area (Å²) in [5.41, 5.74) is 8.94. The van der Waals surface area contributed by atoms with Gasteiger partial charge in [-0.25, -0.2) is 0 Å². The largest absolute Gasteiger partial charge is 0.386 e. The zero-order chi connectivity index (χ0) is 13.1. The molecule has 1 aromatic heterocycles. The van der Waals surface area contributed by atoms with Gasteiger partial charge < -0.3 is 4.48 Å². The second kappa shape index (κ2) is 3.66. The Balaban J connectivity index is 1.88. The molecule has 2 heteroatoms. The summed E-state index contributed by atoms with van der Waals surface area (Å²) in [5, 5.41) is 0. The topological polar surface area (TPSA) is 4.93 Å². The van der Waals surface area contributed by atoms with E-state index >= 15 is 0 Å². The van der Waals surface area contributed by atoms with Crippen molar-refractivity contribution in [2.45, 2.75) is 12.8 Å². The molecule has 20 heavy (non-hydrogen) atoms. The maximum Gasteiger partial charge on any atom is 0.328 e. The summed E-state index contributed by atoms with van der Waals surface area (Å²) >= 11 is 0. The van der Waals surface area contributed by atoms with Gasteiger partial charge in [0, 0.05) is 12.1 Å². The van der Waals surface area contributed by atoms with Crippen molar-refractivity contribution in [2.75, 3.05) is 0 Å². The molecule has 0 aliphatic carbocycles. The zero-order valence-corrected chi connectivity index (χ0v) is 11.2. The van der Waals surface area contributed by atoms with Gasteiger partial charge in [-0.15, -0.1) is 0 Å². The highest BCUT2D eigenvalue weighted by Crippen LogP contribution is 2.23. The molecule has 2 aliphatic rings. The van der Waals surface area contributed by atoms with E-state index in [2.05, 4.69) is 65.3 Å². The average molecular weight is 255 g/mol. The molecule has 0 radical (unpaired) electrons. The molecule has 5 rings (SSSR count). The minimum atomic E-state index is 0.380. The predicted octanol–water partition coefficient (Wildman–Crippen LogP) is 1.95. The average Bonchev–Trinajstić information content (AvgIpc) is 2.95. The number of nitrogens with zero attached hydrogens (tertiary/aromatic N) is 1. The monoisotopic (exact) mass is 255 g/mol. The second-order valence-electron chi connectivity index (χ2n) is 5.85. The van der Waals surface area contributed by atoms with Crippen molar-refractivity contribution >= 4 is 17.8 Å². The fourth-order valence-electron chi connectivity index (χ4n) is 3.96. The first kappa shape index (κ1) is 10.6. The van der Waals surface area contributed by atoms with Crippen LogP contribution in [-0.2, 0) is 12.8 Å². The molecule has 2 aromatic carbocycles. The lowest BCUT2D eigenvalue weighted by atomic mass is 9.43. The lowest BCUT2D eigenvalue weighted by Crippen LogP contribution is -2.57. The Bertz CT molecular complexity index is 831. The third-order valence-corrected chi connectivity index (χ3v) is 4.81. The van der Waals surface area contributed by atoms with Crippen LogP contribution in [0, 0.1) is 0 Å². The minimum Gasteiger partial charge on any atom is -0.386 e. The Hall–Kier alpha value is -2.22. The van der Waals surface area contributed by atoms with E-state index in [0.29, 0.717) is 6.85 Å². The highest BCUT2D eigenvalue weighted by Gasteiger charge is 2.36. The number of benzene rings is 2. The Labute approximate surface area is 119 Å². The first-order valence-corrected chi connectivity index (χ1v) is 7.26. The Kier molecular flexibility index (Phi) is 1.93. The predicted molar refractivity (Wildman–Crippen MR) is 83.3 cm³/mol. The molecule has 0 spiro atoms. The summed E-state index contributed by atoms with van der Waals surface area (Å²) in [6, 6.07) is 20.2. The van der Waals surface area contributed by atoms with Crippen molar-refractivity contribution in [1.82, 2.24) is 4.48 Å². The van der Waals surface area contributed by atoms with Gasteiger partial charge in [0.2, 0.25) is 0 Å². The number of hydrogen-bond acceptors (Lipinski definition) is 0. The van der Waals surface area contributed by atoms with Crippen LogP contribution in [0.4, 0.5) is 0 Å². The molecule has 2 aliphatic heterocycles. The van der Waals surface area contributed by atoms with E-state index in [0.717, 1.165) is 12.8 Å². The van der Waals surface area contributed by atoms with Crippen molar-refractivity contribution < 1.29 is 0 Å². The second-order valence-corrected chi connectivity index (χ2v) is 5.85. The van der Waals surface area contributed by atoms with Gasteiger partial charge in [0.05, 0.1) is 0 Å². The maximum atomic E-state index is 2.46. The molecule has 94 valence electrons. The normalized spacial score (nSPS) is 14.5.